The van der Waals surface area contributed by atoms with Crippen LogP contribution in [0.5, 0.6) is 0 Å². The molecule has 3 aliphatic heterocycles. The van der Waals surface area contributed by atoms with E-state index in [9.17, 15) is 4.79 Å². The Balaban J connectivity index is 1.42. The number of carbonyl (C=O) groups is 1. The van der Waals surface area contributed by atoms with Crippen LogP contribution in [0.2, 0.25) is 0 Å². The maximum Gasteiger partial charge on any atom is 0.163 e. The number of piperidine rings is 3. The number of carbonyl (C=O) groups excluding carboxylic acids is 1. The second-order valence-electron chi connectivity index (χ2n) is 7.44. The predicted molar refractivity (Wildman–Crippen MR) is 87.0 cm³/mol. The van der Waals surface area contributed by atoms with Gasteiger partial charge in [-0.3, -0.25) is 9.69 Å². The van der Waals surface area contributed by atoms with Gasteiger partial charge in [0.2, 0.25) is 0 Å². The number of fused-ring (bicyclic) bond motifs is 3. The smallest absolute Gasteiger partial charge is 0.163 e. The first-order valence-electron chi connectivity index (χ1n) is 8.62. The Morgan fingerprint density at radius 1 is 1.23 bits per heavy atom. The van der Waals surface area contributed by atoms with Crippen molar-refractivity contribution in [2.45, 2.75) is 37.6 Å². The van der Waals surface area contributed by atoms with E-state index in [0.717, 1.165) is 23.4 Å². The van der Waals surface area contributed by atoms with Gasteiger partial charge in [0.15, 0.2) is 5.78 Å². The first kappa shape index (κ1) is 12.9. The van der Waals surface area contributed by atoms with Gasteiger partial charge in [-0.15, -0.1) is 0 Å². The molecule has 0 amide bonds. The fourth-order valence-electron chi connectivity index (χ4n) is 5.13. The van der Waals surface area contributed by atoms with Crippen LogP contribution in [0.3, 0.4) is 0 Å². The zero-order valence-electron chi connectivity index (χ0n) is 12.8. The normalized spacial score (nSPS) is 31.7. The van der Waals surface area contributed by atoms with Crippen molar-refractivity contribution >= 4 is 16.7 Å². The highest BCUT2D eigenvalue weighted by atomic mass is 16.1. The SMILES string of the molecule is O=C(C[C@@H]1C2CCN(CC2)C12CC2)c1ccc2cc[nH]c2c1. The summed E-state index contributed by atoms with van der Waals surface area (Å²) in [6, 6.07) is 8.14. The number of benzene rings is 1. The Kier molecular flexibility index (Phi) is 2.61. The van der Waals surface area contributed by atoms with Gasteiger partial charge in [-0.25, -0.2) is 0 Å². The Morgan fingerprint density at radius 2 is 2.05 bits per heavy atom. The van der Waals surface area contributed by atoms with Crippen LogP contribution in [-0.2, 0) is 0 Å². The van der Waals surface area contributed by atoms with Crippen molar-refractivity contribution in [3.63, 3.8) is 0 Å². The quantitative estimate of drug-likeness (QED) is 0.878. The molecule has 0 radical (unpaired) electrons. The molecule has 4 fully saturated rings. The molecule has 3 heteroatoms. The number of hydrogen-bond acceptors (Lipinski definition) is 2. The Bertz CT molecular complexity index is 735. The van der Waals surface area contributed by atoms with E-state index in [1.54, 1.807) is 0 Å². The molecular weight excluding hydrogens is 272 g/mol. The van der Waals surface area contributed by atoms with Crippen LogP contribution < -0.4 is 0 Å². The van der Waals surface area contributed by atoms with E-state index in [2.05, 4.69) is 22.0 Å². The number of nitrogens with zero attached hydrogens (tertiary/aromatic N) is 1. The molecule has 2 aromatic rings. The van der Waals surface area contributed by atoms with E-state index in [1.807, 2.05) is 18.3 Å². The van der Waals surface area contributed by atoms with E-state index < -0.39 is 0 Å². The van der Waals surface area contributed by atoms with Crippen molar-refractivity contribution in [2.24, 2.45) is 11.8 Å². The zero-order chi connectivity index (χ0) is 14.7. The number of rotatable bonds is 3. The minimum absolute atomic E-state index is 0.335. The third-order valence-electron chi connectivity index (χ3n) is 6.47. The second kappa shape index (κ2) is 4.45. The molecule has 3 saturated heterocycles. The number of aromatic amines is 1. The van der Waals surface area contributed by atoms with Crippen LogP contribution in [0, 0.1) is 11.8 Å². The van der Waals surface area contributed by atoms with E-state index in [1.165, 1.54) is 44.2 Å². The van der Waals surface area contributed by atoms with Crippen molar-refractivity contribution in [1.29, 1.82) is 0 Å². The highest BCUT2D eigenvalue weighted by molar-refractivity contribution is 5.99. The number of nitrogens with one attached hydrogen (secondary N) is 1. The highest BCUT2D eigenvalue weighted by Gasteiger charge is 2.60. The van der Waals surface area contributed by atoms with E-state index in [-0.39, 0.29) is 0 Å². The third kappa shape index (κ3) is 1.75. The van der Waals surface area contributed by atoms with Crippen LogP contribution in [-0.4, -0.2) is 34.3 Å². The minimum Gasteiger partial charge on any atom is -0.361 e. The van der Waals surface area contributed by atoms with Gasteiger partial charge in [0.1, 0.15) is 0 Å². The van der Waals surface area contributed by atoms with E-state index in [0.29, 0.717) is 17.2 Å². The van der Waals surface area contributed by atoms with E-state index >= 15 is 0 Å². The lowest BCUT2D eigenvalue weighted by molar-refractivity contribution is -0.0274. The van der Waals surface area contributed by atoms with Gasteiger partial charge in [0.05, 0.1) is 0 Å². The summed E-state index contributed by atoms with van der Waals surface area (Å²) in [7, 11) is 0. The van der Waals surface area contributed by atoms with Crippen LogP contribution >= 0.6 is 0 Å². The summed E-state index contributed by atoms with van der Waals surface area (Å²) in [4.78, 5) is 18.7. The van der Waals surface area contributed by atoms with Crippen LogP contribution in [0.25, 0.3) is 10.9 Å². The summed E-state index contributed by atoms with van der Waals surface area (Å²) >= 11 is 0. The van der Waals surface area contributed by atoms with Gasteiger partial charge in [-0.1, -0.05) is 12.1 Å². The fraction of sp³-hybridized carbons (Fsp3) is 0.526. The molecule has 1 saturated carbocycles. The molecule has 114 valence electrons. The Hall–Kier alpha value is -1.61. The van der Waals surface area contributed by atoms with Crippen molar-refractivity contribution in [3.05, 3.63) is 36.0 Å². The van der Waals surface area contributed by atoms with Gasteiger partial charge in [0, 0.05) is 29.2 Å². The monoisotopic (exact) mass is 294 g/mol. The molecular formula is C19H22N2O. The molecule has 0 unspecified atom stereocenters. The van der Waals surface area contributed by atoms with Crippen molar-refractivity contribution < 1.29 is 4.79 Å². The summed E-state index contributed by atoms with van der Waals surface area (Å²) in [5.41, 5.74) is 2.36. The molecule has 6 rings (SSSR count). The molecule has 4 heterocycles. The minimum atomic E-state index is 0.335. The lowest BCUT2D eigenvalue weighted by atomic mass is 9.69. The Morgan fingerprint density at radius 3 is 2.82 bits per heavy atom. The Labute approximate surface area is 130 Å². The van der Waals surface area contributed by atoms with Gasteiger partial charge < -0.3 is 4.98 Å². The largest absolute Gasteiger partial charge is 0.361 e. The lowest BCUT2D eigenvalue weighted by Crippen LogP contribution is -2.57. The first-order chi connectivity index (χ1) is 10.8. The van der Waals surface area contributed by atoms with Gasteiger partial charge in [-0.05, 0) is 68.1 Å². The summed E-state index contributed by atoms with van der Waals surface area (Å²) in [5, 5.41) is 1.18. The summed E-state index contributed by atoms with van der Waals surface area (Å²) in [6.07, 6.45) is 7.91. The molecule has 22 heavy (non-hydrogen) atoms. The van der Waals surface area contributed by atoms with Gasteiger partial charge in [0.25, 0.3) is 0 Å². The number of aromatic nitrogens is 1. The highest BCUT2D eigenvalue weighted by Crippen LogP contribution is 2.58. The van der Waals surface area contributed by atoms with Crippen molar-refractivity contribution in [3.8, 4) is 0 Å². The number of H-pyrrole nitrogens is 1. The van der Waals surface area contributed by atoms with Gasteiger partial charge in [-0.2, -0.15) is 0 Å². The molecule has 1 aromatic heterocycles. The maximum atomic E-state index is 12.8. The molecule has 1 atom stereocenters. The molecule has 1 N–H and O–H groups in total. The molecule has 1 aromatic carbocycles. The van der Waals surface area contributed by atoms with Crippen LogP contribution in [0.4, 0.5) is 0 Å². The molecule has 1 spiro atoms. The molecule has 4 aliphatic rings. The average molecular weight is 294 g/mol. The predicted octanol–water partition coefficient (Wildman–Crippen LogP) is 3.62. The van der Waals surface area contributed by atoms with Crippen molar-refractivity contribution in [2.75, 3.05) is 13.1 Å². The average Bonchev–Trinajstić information content (AvgIpc) is 3.18. The molecule has 2 bridgehead atoms. The second-order valence-corrected chi connectivity index (χ2v) is 7.44. The first-order valence-corrected chi connectivity index (χ1v) is 8.62. The maximum absolute atomic E-state index is 12.8. The molecule has 3 nitrogen and oxygen atoms in total. The number of Topliss-reactive ketones (excluding diaryl/α,β-unsaturated/α-hetero) is 1. The van der Waals surface area contributed by atoms with E-state index in [4.69, 9.17) is 0 Å². The van der Waals surface area contributed by atoms with Crippen LogP contribution in [0.1, 0.15) is 42.5 Å². The fourth-order valence-corrected chi connectivity index (χ4v) is 5.13. The van der Waals surface area contributed by atoms with Crippen molar-refractivity contribution in [1.82, 2.24) is 9.88 Å². The van der Waals surface area contributed by atoms with Crippen LogP contribution in [0.15, 0.2) is 30.5 Å². The molecule has 1 aliphatic carbocycles. The summed E-state index contributed by atoms with van der Waals surface area (Å²) in [5.74, 6) is 1.72. The number of hydrogen-bond donors (Lipinski definition) is 1. The third-order valence-corrected chi connectivity index (χ3v) is 6.47. The standard InChI is InChI=1S/C19H22N2O/c22-18(15-2-1-14-3-8-20-17(14)11-15)12-16-13-4-9-21(10-5-13)19(16)6-7-19/h1-3,8,11,13,16,20H,4-7,9-10,12H2/t16-/m1/s1. The number of ketones is 1. The summed E-state index contributed by atoms with van der Waals surface area (Å²) in [6.45, 7) is 2.54. The topological polar surface area (TPSA) is 36.1 Å². The lowest BCUT2D eigenvalue weighted by Gasteiger charge is -2.52. The summed E-state index contributed by atoms with van der Waals surface area (Å²) < 4.78 is 0. The van der Waals surface area contributed by atoms with Gasteiger partial charge >= 0.3 is 0 Å². The zero-order valence-corrected chi connectivity index (χ0v) is 12.8.